The third-order valence-electron chi connectivity index (χ3n) is 2.72. The zero-order chi connectivity index (χ0) is 13.1. The number of aromatic nitrogens is 2. The summed E-state index contributed by atoms with van der Waals surface area (Å²) in [7, 11) is 1.55. The summed E-state index contributed by atoms with van der Waals surface area (Å²) < 4.78 is 5.16. The number of nitrogens with zero attached hydrogens (tertiary/aromatic N) is 2. The number of hydrogen-bond donors (Lipinski definition) is 1. The van der Waals surface area contributed by atoms with Gasteiger partial charge in [0.25, 0.3) is 0 Å². The van der Waals surface area contributed by atoms with Crippen LogP contribution in [0, 0.1) is 6.92 Å². The zero-order valence-electron chi connectivity index (χ0n) is 10.2. The van der Waals surface area contributed by atoms with E-state index in [1.807, 2.05) is 25.1 Å². The van der Waals surface area contributed by atoms with Gasteiger partial charge in [0, 0.05) is 17.4 Å². The monoisotopic (exact) mass is 263 g/mol. The van der Waals surface area contributed by atoms with Gasteiger partial charge in [-0.1, -0.05) is 23.7 Å². The van der Waals surface area contributed by atoms with E-state index in [0.29, 0.717) is 11.6 Å². The number of hydrogen-bond acceptors (Lipinski definition) is 4. The minimum atomic E-state index is -0.385. The molecule has 0 spiro atoms. The number of rotatable bonds is 3. The Kier molecular flexibility index (Phi) is 3.79. The van der Waals surface area contributed by atoms with E-state index in [4.69, 9.17) is 22.1 Å². The highest BCUT2D eigenvalue weighted by Gasteiger charge is 2.16. The van der Waals surface area contributed by atoms with Gasteiger partial charge in [-0.3, -0.25) is 4.98 Å². The van der Waals surface area contributed by atoms with Crippen LogP contribution in [-0.2, 0) is 0 Å². The molecule has 0 saturated carbocycles. The molecule has 4 nitrogen and oxygen atoms in total. The van der Waals surface area contributed by atoms with E-state index in [2.05, 4.69) is 9.97 Å². The van der Waals surface area contributed by atoms with Crippen LogP contribution in [0.1, 0.15) is 22.9 Å². The third kappa shape index (κ3) is 2.44. The number of aryl methyl sites for hydroxylation is 1. The van der Waals surface area contributed by atoms with Crippen LogP contribution in [0.25, 0.3) is 0 Å². The Morgan fingerprint density at radius 2 is 2.00 bits per heavy atom. The van der Waals surface area contributed by atoms with Gasteiger partial charge in [0.05, 0.1) is 13.2 Å². The van der Waals surface area contributed by atoms with Crippen LogP contribution in [0.2, 0.25) is 5.02 Å². The summed E-state index contributed by atoms with van der Waals surface area (Å²) in [6, 6.07) is 5.27. The van der Waals surface area contributed by atoms with Crippen molar-refractivity contribution in [2.75, 3.05) is 7.11 Å². The fourth-order valence-electron chi connectivity index (χ4n) is 1.73. The first-order chi connectivity index (χ1) is 8.63. The van der Waals surface area contributed by atoms with Gasteiger partial charge in [-0.05, 0) is 24.1 Å². The molecule has 1 aromatic heterocycles. The maximum Gasteiger partial charge on any atom is 0.237 e. The highest BCUT2D eigenvalue weighted by Crippen LogP contribution is 2.26. The summed E-state index contributed by atoms with van der Waals surface area (Å²) in [6.07, 6.45) is 3.17. The topological polar surface area (TPSA) is 61.0 Å². The average molecular weight is 264 g/mol. The molecule has 1 unspecified atom stereocenters. The lowest BCUT2D eigenvalue weighted by molar-refractivity contribution is 0.387. The molecule has 5 heteroatoms. The molecule has 1 atom stereocenters. The van der Waals surface area contributed by atoms with E-state index in [1.54, 1.807) is 19.5 Å². The van der Waals surface area contributed by atoms with Crippen molar-refractivity contribution in [3.05, 3.63) is 52.4 Å². The Hall–Kier alpha value is -1.65. The van der Waals surface area contributed by atoms with E-state index in [-0.39, 0.29) is 6.04 Å². The maximum atomic E-state index is 6.19. The van der Waals surface area contributed by atoms with Gasteiger partial charge in [0.15, 0.2) is 0 Å². The number of benzene rings is 1. The van der Waals surface area contributed by atoms with E-state index in [9.17, 15) is 0 Å². The van der Waals surface area contributed by atoms with Crippen molar-refractivity contribution >= 4 is 11.6 Å². The predicted molar refractivity (Wildman–Crippen MR) is 70.8 cm³/mol. The summed E-state index contributed by atoms with van der Waals surface area (Å²) >= 11 is 6.00. The molecule has 1 heterocycles. The SMILES string of the molecule is COc1nccnc1C(N)c1ccc(Cl)c(C)c1. The van der Waals surface area contributed by atoms with Crippen molar-refractivity contribution in [2.24, 2.45) is 5.73 Å². The summed E-state index contributed by atoms with van der Waals surface area (Å²) in [5.41, 5.74) is 8.70. The smallest absolute Gasteiger partial charge is 0.237 e. The molecule has 0 bridgehead atoms. The molecule has 0 aliphatic rings. The summed E-state index contributed by atoms with van der Waals surface area (Å²) in [5, 5.41) is 0.720. The Labute approximate surface area is 111 Å². The van der Waals surface area contributed by atoms with E-state index in [1.165, 1.54) is 0 Å². The quantitative estimate of drug-likeness (QED) is 0.924. The van der Waals surface area contributed by atoms with Gasteiger partial charge in [-0.2, -0.15) is 0 Å². The lowest BCUT2D eigenvalue weighted by Gasteiger charge is -2.14. The van der Waals surface area contributed by atoms with Gasteiger partial charge in [0.2, 0.25) is 5.88 Å². The van der Waals surface area contributed by atoms with Crippen LogP contribution in [0.15, 0.2) is 30.6 Å². The van der Waals surface area contributed by atoms with E-state index >= 15 is 0 Å². The van der Waals surface area contributed by atoms with Crippen LogP contribution in [0.4, 0.5) is 0 Å². The van der Waals surface area contributed by atoms with Gasteiger partial charge in [-0.25, -0.2) is 4.98 Å². The molecule has 94 valence electrons. The van der Waals surface area contributed by atoms with Crippen molar-refractivity contribution < 1.29 is 4.74 Å². The van der Waals surface area contributed by atoms with Crippen LogP contribution in [0.5, 0.6) is 5.88 Å². The Morgan fingerprint density at radius 1 is 1.28 bits per heavy atom. The molecule has 2 N–H and O–H groups in total. The summed E-state index contributed by atoms with van der Waals surface area (Å²) in [5.74, 6) is 0.442. The molecule has 18 heavy (non-hydrogen) atoms. The van der Waals surface area contributed by atoms with Gasteiger partial charge >= 0.3 is 0 Å². The predicted octanol–water partition coefficient (Wildman–Crippen LogP) is 2.50. The van der Waals surface area contributed by atoms with Crippen LogP contribution < -0.4 is 10.5 Å². The van der Waals surface area contributed by atoms with E-state index < -0.39 is 0 Å². The van der Waals surface area contributed by atoms with E-state index in [0.717, 1.165) is 16.1 Å². The highest BCUT2D eigenvalue weighted by atomic mass is 35.5. The first-order valence-electron chi connectivity index (χ1n) is 5.50. The number of nitrogens with two attached hydrogens (primary N) is 1. The summed E-state index contributed by atoms with van der Waals surface area (Å²) in [6.45, 7) is 1.94. The Morgan fingerprint density at radius 3 is 2.67 bits per heavy atom. The minimum absolute atomic E-state index is 0.385. The molecule has 0 amide bonds. The number of halogens is 1. The number of ether oxygens (including phenoxy) is 1. The molecular weight excluding hydrogens is 250 g/mol. The second-order valence-electron chi connectivity index (χ2n) is 3.94. The van der Waals surface area contributed by atoms with Crippen LogP contribution in [-0.4, -0.2) is 17.1 Å². The van der Waals surface area contributed by atoms with Crippen LogP contribution >= 0.6 is 11.6 Å². The lowest BCUT2D eigenvalue weighted by Crippen LogP contribution is -2.15. The standard InChI is InChI=1S/C13H14ClN3O/c1-8-7-9(3-4-10(8)14)11(15)12-13(18-2)17-6-5-16-12/h3-7,11H,15H2,1-2H3. The van der Waals surface area contributed by atoms with Gasteiger partial charge in [0.1, 0.15) is 5.69 Å². The molecule has 0 fully saturated rings. The molecule has 0 aliphatic heterocycles. The summed E-state index contributed by atoms with van der Waals surface area (Å²) in [4.78, 5) is 8.33. The Balaban J connectivity index is 2.41. The second kappa shape index (κ2) is 5.33. The van der Waals surface area contributed by atoms with Crippen molar-refractivity contribution in [1.29, 1.82) is 0 Å². The largest absolute Gasteiger partial charge is 0.480 e. The van der Waals surface area contributed by atoms with Gasteiger partial charge in [-0.15, -0.1) is 0 Å². The van der Waals surface area contributed by atoms with Crippen LogP contribution in [0.3, 0.4) is 0 Å². The Bertz CT molecular complexity index is 560. The maximum absolute atomic E-state index is 6.19. The first-order valence-corrected chi connectivity index (χ1v) is 5.87. The zero-order valence-corrected chi connectivity index (χ0v) is 11.0. The molecule has 0 saturated heterocycles. The molecular formula is C13H14ClN3O. The lowest BCUT2D eigenvalue weighted by atomic mass is 10.0. The molecule has 2 aromatic rings. The fourth-order valence-corrected chi connectivity index (χ4v) is 1.84. The van der Waals surface area contributed by atoms with Crippen molar-refractivity contribution in [1.82, 2.24) is 9.97 Å². The molecule has 0 radical (unpaired) electrons. The second-order valence-corrected chi connectivity index (χ2v) is 4.34. The molecule has 0 aliphatic carbocycles. The minimum Gasteiger partial charge on any atom is -0.480 e. The fraction of sp³-hybridized carbons (Fsp3) is 0.231. The number of methoxy groups -OCH3 is 1. The third-order valence-corrected chi connectivity index (χ3v) is 3.14. The first kappa shape index (κ1) is 12.8. The van der Waals surface area contributed by atoms with Crippen molar-refractivity contribution in [2.45, 2.75) is 13.0 Å². The highest BCUT2D eigenvalue weighted by molar-refractivity contribution is 6.31. The molecule has 1 aromatic carbocycles. The normalized spacial score (nSPS) is 12.2. The van der Waals surface area contributed by atoms with Gasteiger partial charge < -0.3 is 10.5 Å². The molecule has 2 rings (SSSR count). The average Bonchev–Trinajstić information content (AvgIpc) is 2.41. The van der Waals surface area contributed by atoms with Crippen molar-refractivity contribution in [3.63, 3.8) is 0 Å². The van der Waals surface area contributed by atoms with Crippen molar-refractivity contribution in [3.8, 4) is 5.88 Å².